The van der Waals surface area contributed by atoms with E-state index in [2.05, 4.69) is 15.8 Å². The standard InChI is InChI=1S/C20H20F3N3O3/c21-20(22,23)13-1-9-17(10-2-13)29-18-11-7-15(8-12-18)25-19(27)24-14-3-5-16(26-28)6-4-14/h1-6,9-10,15,18H,7-8,11-12H2,(H2,24,25,27). The lowest BCUT2D eigenvalue weighted by molar-refractivity contribution is -0.137. The number of urea groups is 1. The Bertz CT molecular complexity index is 831. The van der Waals surface area contributed by atoms with Crippen molar-refractivity contribution in [3.63, 3.8) is 0 Å². The van der Waals surface area contributed by atoms with Crippen LogP contribution in [0.2, 0.25) is 0 Å². The summed E-state index contributed by atoms with van der Waals surface area (Å²) in [6, 6.07) is 10.5. The van der Waals surface area contributed by atoms with Crippen LogP contribution in [0.5, 0.6) is 5.75 Å². The van der Waals surface area contributed by atoms with Crippen molar-refractivity contribution in [2.24, 2.45) is 5.18 Å². The van der Waals surface area contributed by atoms with E-state index >= 15 is 0 Å². The van der Waals surface area contributed by atoms with E-state index in [1.165, 1.54) is 24.3 Å². The predicted octanol–water partition coefficient (Wildman–Crippen LogP) is 5.62. The van der Waals surface area contributed by atoms with Crippen molar-refractivity contribution >= 4 is 17.4 Å². The van der Waals surface area contributed by atoms with Crippen LogP contribution >= 0.6 is 0 Å². The molecule has 9 heteroatoms. The maximum atomic E-state index is 12.6. The molecule has 29 heavy (non-hydrogen) atoms. The number of nitrogens with one attached hydrogen (secondary N) is 2. The van der Waals surface area contributed by atoms with Crippen molar-refractivity contribution in [3.8, 4) is 5.75 Å². The Morgan fingerprint density at radius 2 is 1.59 bits per heavy atom. The third kappa shape index (κ3) is 5.94. The molecule has 1 fully saturated rings. The number of ether oxygens (including phenoxy) is 1. The van der Waals surface area contributed by atoms with Gasteiger partial charge >= 0.3 is 12.2 Å². The van der Waals surface area contributed by atoms with Gasteiger partial charge in [-0.15, -0.1) is 4.91 Å². The number of anilines is 1. The summed E-state index contributed by atoms with van der Waals surface area (Å²) in [7, 11) is 0. The van der Waals surface area contributed by atoms with E-state index in [1.807, 2.05) is 0 Å². The topological polar surface area (TPSA) is 79.8 Å². The first-order valence-corrected chi connectivity index (χ1v) is 9.18. The molecule has 0 saturated heterocycles. The van der Waals surface area contributed by atoms with Crippen molar-refractivity contribution in [1.82, 2.24) is 5.32 Å². The summed E-state index contributed by atoms with van der Waals surface area (Å²) in [5, 5.41) is 8.38. The average molecular weight is 407 g/mol. The van der Waals surface area contributed by atoms with E-state index in [4.69, 9.17) is 4.74 Å². The number of alkyl halides is 3. The van der Waals surface area contributed by atoms with E-state index in [9.17, 15) is 22.9 Å². The summed E-state index contributed by atoms with van der Waals surface area (Å²) >= 11 is 0. The summed E-state index contributed by atoms with van der Waals surface area (Å²) in [4.78, 5) is 22.5. The SMILES string of the molecule is O=Nc1ccc(NC(=O)NC2CCC(Oc3ccc(C(F)(F)F)cc3)CC2)cc1. The normalized spacial score (nSPS) is 19.3. The Labute approximate surface area is 165 Å². The van der Waals surface area contributed by atoms with Crippen LogP contribution in [0.3, 0.4) is 0 Å². The van der Waals surface area contributed by atoms with E-state index in [-0.39, 0.29) is 23.9 Å². The molecular formula is C20H20F3N3O3. The number of carbonyl (C=O) groups excluding carboxylic acids is 1. The van der Waals surface area contributed by atoms with Gasteiger partial charge in [-0.1, -0.05) is 0 Å². The van der Waals surface area contributed by atoms with Gasteiger partial charge in [0.15, 0.2) is 0 Å². The average Bonchev–Trinajstić information content (AvgIpc) is 2.70. The van der Waals surface area contributed by atoms with Crippen LogP contribution in [0.1, 0.15) is 31.2 Å². The lowest BCUT2D eigenvalue weighted by Gasteiger charge is -2.29. The number of amides is 2. The molecule has 3 rings (SSSR count). The number of hydrogen-bond donors (Lipinski definition) is 2. The quantitative estimate of drug-likeness (QED) is 0.632. The van der Waals surface area contributed by atoms with Gasteiger partial charge in [-0.25, -0.2) is 4.79 Å². The highest BCUT2D eigenvalue weighted by atomic mass is 19.4. The van der Waals surface area contributed by atoms with E-state index in [0.717, 1.165) is 12.1 Å². The first-order chi connectivity index (χ1) is 13.8. The van der Waals surface area contributed by atoms with Crippen LogP contribution in [0.15, 0.2) is 53.7 Å². The van der Waals surface area contributed by atoms with Gasteiger partial charge < -0.3 is 15.4 Å². The van der Waals surface area contributed by atoms with Crippen molar-refractivity contribution in [1.29, 1.82) is 0 Å². The molecule has 0 aliphatic heterocycles. The molecule has 6 nitrogen and oxygen atoms in total. The van der Waals surface area contributed by atoms with E-state index < -0.39 is 11.7 Å². The van der Waals surface area contributed by atoms with Crippen LogP contribution in [0.4, 0.5) is 29.3 Å². The largest absolute Gasteiger partial charge is 0.490 e. The van der Waals surface area contributed by atoms with Gasteiger partial charge in [0.25, 0.3) is 0 Å². The van der Waals surface area contributed by atoms with Gasteiger partial charge in [0.05, 0.1) is 11.7 Å². The maximum absolute atomic E-state index is 12.6. The van der Waals surface area contributed by atoms with Crippen LogP contribution in [0, 0.1) is 4.91 Å². The number of halogens is 3. The van der Waals surface area contributed by atoms with Gasteiger partial charge in [0.1, 0.15) is 11.4 Å². The van der Waals surface area contributed by atoms with Gasteiger partial charge in [-0.3, -0.25) is 0 Å². The van der Waals surface area contributed by atoms with Gasteiger partial charge in [-0.05, 0) is 79.4 Å². The highest BCUT2D eigenvalue weighted by molar-refractivity contribution is 5.89. The Balaban J connectivity index is 1.42. The number of hydrogen-bond acceptors (Lipinski definition) is 4. The minimum atomic E-state index is -4.36. The molecule has 2 aromatic carbocycles. The predicted molar refractivity (Wildman–Crippen MR) is 102 cm³/mol. The van der Waals surface area contributed by atoms with Gasteiger partial charge in [-0.2, -0.15) is 13.2 Å². The molecule has 0 bridgehead atoms. The van der Waals surface area contributed by atoms with Crippen molar-refractivity contribution < 1.29 is 22.7 Å². The van der Waals surface area contributed by atoms with Crippen LogP contribution in [-0.4, -0.2) is 18.2 Å². The fourth-order valence-electron chi connectivity index (χ4n) is 3.20. The second kappa shape index (κ2) is 8.93. The monoisotopic (exact) mass is 407 g/mol. The lowest BCUT2D eigenvalue weighted by Crippen LogP contribution is -2.41. The summed E-state index contributed by atoms with van der Waals surface area (Å²) in [6.07, 6.45) is -1.69. The molecular weight excluding hydrogens is 387 g/mol. The molecule has 154 valence electrons. The second-order valence-electron chi connectivity index (χ2n) is 6.85. The van der Waals surface area contributed by atoms with Crippen LogP contribution in [-0.2, 0) is 6.18 Å². The van der Waals surface area contributed by atoms with Crippen LogP contribution in [0.25, 0.3) is 0 Å². The molecule has 0 heterocycles. The highest BCUT2D eigenvalue weighted by Crippen LogP contribution is 2.31. The smallest absolute Gasteiger partial charge is 0.416 e. The zero-order valence-electron chi connectivity index (χ0n) is 15.4. The van der Waals surface area contributed by atoms with E-state index in [0.29, 0.717) is 37.1 Å². The van der Waals surface area contributed by atoms with Crippen LogP contribution < -0.4 is 15.4 Å². The minimum absolute atomic E-state index is 0.0154. The number of carbonyl (C=O) groups is 1. The lowest BCUT2D eigenvalue weighted by atomic mass is 9.93. The molecule has 2 N–H and O–H groups in total. The van der Waals surface area contributed by atoms with Crippen molar-refractivity contribution in [2.45, 2.75) is 44.0 Å². The van der Waals surface area contributed by atoms with Crippen molar-refractivity contribution in [3.05, 3.63) is 59.0 Å². The third-order valence-corrected chi connectivity index (χ3v) is 4.72. The number of nitroso groups, excluding NO2 is 1. The first-order valence-electron chi connectivity index (χ1n) is 9.18. The zero-order valence-corrected chi connectivity index (χ0v) is 15.4. The number of nitrogens with zero attached hydrogens (tertiary/aromatic N) is 1. The molecule has 0 atom stereocenters. The Hall–Kier alpha value is -3.10. The maximum Gasteiger partial charge on any atom is 0.416 e. The van der Waals surface area contributed by atoms with Gasteiger partial charge in [0.2, 0.25) is 0 Å². The number of benzene rings is 2. The Morgan fingerprint density at radius 1 is 0.966 bits per heavy atom. The summed E-state index contributed by atoms with van der Waals surface area (Å²) in [6.45, 7) is 0. The molecule has 0 radical (unpaired) electrons. The molecule has 0 spiro atoms. The molecule has 2 amide bonds. The Kier molecular flexibility index (Phi) is 6.36. The number of rotatable bonds is 5. The highest BCUT2D eigenvalue weighted by Gasteiger charge is 2.30. The molecule has 2 aromatic rings. The fourth-order valence-corrected chi connectivity index (χ4v) is 3.20. The van der Waals surface area contributed by atoms with Gasteiger partial charge in [0, 0.05) is 11.7 Å². The fraction of sp³-hybridized carbons (Fsp3) is 0.350. The summed E-state index contributed by atoms with van der Waals surface area (Å²) in [5.74, 6) is 0.403. The first kappa shape index (κ1) is 20.6. The second-order valence-corrected chi connectivity index (χ2v) is 6.85. The third-order valence-electron chi connectivity index (χ3n) is 4.72. The summed E-state index contributed by atoms with van der Waals surface area (Å²) < 4.78 is 43.6. The molecule has 1 saturated carbocycles. The minimum Gasteiger partial charge on any atom is -0.490 e. The van der Waals surface area contributed by atoms with E-state index in [1.54, 1.807) is 12.1 Å². The molecule has 0 aromatic heterocycles. The summed E-state index contributed by atoms with van der Waals surface area (Å²) in [5.41, 5.74) is 0.123. The zero-order chi connectivity index (χ0) is 20.9. The molecule has 1 aliphatic rings. The Morgan fingerprint density at radius 3 is 2.14 bits per heavy atom. The molecule has 1 aliphatic carbocycles. The molecule has 0 unspecified atom stereocenters. The van der Waals surface area contributed by atoms with Crippen molar-refractivity contribution in [2.75, 3.05) is 5.32 Å².